The maximum Gasteiger partial charge on any atom is 0.348 e. The number of aliphatic hydroxyl groups is 1. The van der Waals surface area contributed by atoms with Crippen molar-refractivity contribution >= 4 is 44.9 Å². The zero-order valence-corrected chi connectivity index (χ0v) is 16.8. The van der Waals surface area contributed by atoms with Gasteiger partial charge < -0.3 is 15.2 Å². The molecule has 2 heterocycles. The summed E-state index contributed by atoms with van der Waals surface area (Å²) in [4.78, 5) is 22.4. The van der Waals surface area contributed by atoms with Gasteiger partial charge in [0.15, 0.2) is 0 Å². The number of nitrogens with one attached hydrogen (secondary N) is 1. The van der Waals surface area contributed by atoms with Crippen LogP contribution in [0, 0.1) is 13.8 Å². The van der Waals surface area contributed by atoms with Crippen LogP contribution >= 0.6 is 22.9 Å². The number of carbonyl (C=O) groups is 1. The third-order valence-corrected chi connectivity index (χ3v) is 5.55. The second-order valence-electron chi connectivity index (χ2n) is 6.01. The third-order valence-electron chi connectivity index (χ3n) is 4.13. The summed E-state index contributed by atoms with van der Waals surface area (Å²) in [5.74, 6) is 0.795. The van der Waals surface area contributed by atoms with Gasteiger partial charge >= 0.3 is 5.97 Å². The minimum atomic E-state index is -0.370. The summed E-state index contributed by atoms with van der Waals surface area (Å²) in [5.41, 5.74) is 1.65. The van der Waals surface area contributed by atoms with E-state index >= 15 is 0 Å². The number of esters is 1. The van der Waals surface area contributed by atoms with Crippen LogP contribution in [0.25, 0.3) is 10.2 Å². The first-order chi connectivity index (χ1) is 12.9. The van der Waals surface area contributed by atoms with Gasteiger partial charge in [-0.2, -0.15) is 0 Å². The topological polar surface area (TPSA) is 84.3 Å². The monoisotopic (exact) mass is 405 g/mol. The number of aliphatic hydroxyl groups excluding tert-OH is 1. The van der Waals surface area contributed by atoms with Crippen molar-refractivity contribution < 1.29 is 14.6 Å². The zero-order chi connectivity index (χ0) is 19.6. The van der Waals surface area contributed by atoms with Crippen LogP contribution in [0.2, 0.25) is 5.02 Å². The number of hydrogen-bond donors (Lipinski definition) is 2. The molecule has 3 rings (SSSR count). The number of anilines is 1. The van der Waals surface area contributed by atoms with E-state index in [4.69, 9.17) is 16.3 Å². The molecule has 142 valence electrons. The van der Waals surface area contributed by atoms with E-state index in [0.717, 1.165) is 16.5 Å². The molecule has 0 aliphatic rings. The van der Waals surface area contributed by atoms with Crippen LogP contribution in [0.15, 0.2) is 24.3 Å². The Morgan fingerprint density at radius 2 is 2.00 bits per heavy atom. The Bertz CT molecular complexity index is 972. The number of hydrogen-bond acceptors (Lipinski definition) is 7. The van der Waals surface area contributed by atoms with Crippen molar-refractivity contribution in [2.75, 3.05) is 18.5 Å². The number of carbonyl (C=O) groups excluding carboxylic acids is 1. The van der Waals surface area contributed by atoms with E-state index in [1.165, 1.54) is 11.3 Å². The molecule has 3 aromatic rings. The molecule has 0 radical (unpaired) electrons. The number of fused-ring (bicyclic) bond motifs is 1. The summed E-state index contributed by atoms with van der Waals surface area (Å²) in [6.45, 7) is 5.60. The van der Waals surface area contributed by atoms with Crippen LogP contribution in [0.4, 0.5) is 5.82 Å². The van der Waals surface area contributed by atoms with Crippen molar-refractivity contribution in [1.82, 2.24) is 9.97 Å². The number of ether oxygens (including phenoxy) is 1. The number of nitrogens with zero attached hydrogens (tertiary/aromatic N) is 2. The average molecular weight is 406 g/mol. The third kappa shape index (κ3) is 4.05. The standard InChI is InChI=1S/C19H20ClN3O3S/c1-4-26-19(25)16-10(2)15-17(21-11(3)22-18(15)27-16)23-14(9-24)12-5-7-13(20)8-6-12/h5-8,14,24H,4,9H2,1-3H3,(H,21,22,23). The van der Waals surface area contributed by atoms with E-state index in [2.05, 4.69) is 15.3 Å². The normalized spacial score (nSPS) is 12.2. The lowest BCUT2D eigenvalue weighted by Crippen LogP contribution is -2.16. The van der Waals surface area contributed by atoms with Crippen molar-refractivity contribution in [3.8, 4) is 0 Å². The fourth-order valence-corrected chi connectivity index (χ4v) is 4.08. The number of benzene rings is 1. The van der Waals surface area contributed by atoms with Gasteiger partial charge in [0.25, 0.3) is 0 Å². The number of halogens is 1. The van der Waals surface area contributed by atoms with Crippen LogP contribution < -0.4 is 5.32 Å². The van der Waals surface area contributed by atoms with Crippen molar-refractivity contribution in [3.05, 3.63) is 51.1 Å². The smallest absolute Gasteiger partial charge is 0.348 e. The molecule has 1 unspecified atom stereocenters. The molecule has 1 aromatic carbocycles. The predicted octanol–water partition coefficient (Wildman–Crippen LogP) is 4.28. The predicted molar refractivity (Wildman–Crippen MR) is 108 cm³/mol. The van der Waals surface area contributed by atoms with Crippen LogP contribution in [-0.2, 0) is 4.74 Å². The molecule has 0 spiro atoms. The molecule has 6 nitrogen and oxygen atoms in total. The lowest BCUT2D eigenvalue weighted by molar-refractivity contribution is 0.0531. The van der Waals surface area contributed by atoms with Gasteiger partial charge in [0.2, 0.25) is 0 Å². The highest BCUT2D eigenvalue weighted by atomic mass is 35.5. The van der Waals surface area contributed by atoms with E-state index in [0.29, 0.717) is 33.0 Å². The van der Waals surface area contributed by atoms with E-state index in [1.807, 2.05) is 19.1 Å². The number of aromatic nitrogens is 2. The summed E-state index contributed by atoms with van der Waals surface area (Å²) in [7, 11) is 0. The Morgan fingerprint density at radius 3 is 2.63 bits per heavy atom. The molecule has 2 N–H and O–H groups in total. The van der Waals surface area contributed by atoms with Gasteiger partial charge in [-0.05, 0) is 44.0 Å². The largest absolute Gasteiger partial charge is 0.462 e. The van der Waals surface area contributed by atoms with E-state index in [1.54, 1.807) is 26.0 Å². The van der Waals surface area contributed by atoms with Crippen LogP contribution in [0.1, 0.15) is 39.6 Å². The molecular formula is C19H20ClN3O3S. The molecule has 0 aliphatic carbocycles. The highest BCUT2D eigenvalue weighted by Crippen LogP contribution is 2.35. The molecule has 27 heavy (non-hydrogen) atoms. The van der Waals surface area contributed by atoms with Gasteiger partial charge in [-0.3, -0.25) is 0 Å². The molecule has 0 aliphatic heterocycles. The van der Waals surface area contributed by atoms with Gasteiger partial charge in [0.1, 0.15) is 21.3 Å². The molecule has 8 heteroatoms. The van der Waals surface area contributed by atoms with E-state index < -0.39 is 0 Å². The number of thiophene rings is 1. The average Bonchev–Trinajstić information content (AvgIpc) is 2.97. The Kier molecular flexibility index (Phi) is 5.94. The summed E-state index contributed by atoms with van der Waals surface area (Å²) < 4.78 is 5.14. The molecular weight excluding hydrogens is 386 g/mol. The van der Waals surface area contributed by atoms with Crippen LogP contribution in [-0.4, -0.2) is 34.3 Å². The second-order valence-corrected chi connectivity index (χ2v) is 7.44. The van der Waals surface area contributed by atoms with Crippen LogP contribution in [0.5, 0.6) is 0 Å². The molecule has 1 atom stereocenters. The molecule has 0 fully saturated rings. The van der Waals surface area contributed by atoms with Crippen molar-refractivity contribution in [3.63, 3.8) is 0 Å². The van der Waals surface area contributed by atoms with Gasteiger partial charge in [0.05, 0.1) is 24.6 Å². The van der Waals surface area contributed by atoms with E-state index in [-0.39, 0.29) is 18.6 Å². The van der Waals surface area contributed by atoms with Crippen molar-refractivity contribution in [2.24, 2.45) is 0 Å². The minimum absolute atomic E-state index is 0.125. The van der Waals surface area contributed by atoms with Gasteiger partial charge in [0, 0.05) is 5.02 Å². The molecule has 0 amide bonds. The van der Waals surface area contributed by atoms with Gasteiger partial charge in [-0.1, -0.05) is 23.7 Å². The SMILES string of the molecule is CCOC(=O)c1sc2nc(C)nc(NC(CO)c3ccc(Cl)cc3)c2c1C. The fraction of sp³-hybridized carbons (Fsp3) is 0.316. The summed E-state index contributed by atoms with van der Waals surface area (Å²) in [6, 6.07) is 6.89. The Morgan fingerprint density at radius 1 is 1.30 bits per heavy atom. The molecule has 0 saturated carbocycles. The Hall–Kier alpha value is -2.22. The second kappa shape index (κ2) is 8.21. The summed E-state index contributed by atoms with van der Waals surface area (Å²) >= 11 is 7.24. The van der Waals surface area contributed by atoms with E-state index in [9.17, 15) is 9.90 Å². The fourth-order valence-electron chi connectivity index (χ4n) is 2.84. The maximum absolute atomic E-state index is 12.2. The highest BCUT2D eigenvalue weighted by molar-refractivity contribution is 7.20. The lowest BCUT2D eigenvalue weighted by atomic mass is 10.1. The zero-order valence-electron chi connectivity index (χ0n) is 15.2. The Balaban J connectivity index is 2.04. The van der Waals surface area contributed by atoms with Gasteiger partial charge in [-0.15, -0.1) is 11.3 Å². The van der Waals surface area contributed by atoms with Crippen molar-refractivity contribution in [2.45, 2.75) is 26.8 Å². The van der Waals surface area contributed by atoms with Crippen molar-refractivity contribution in [1.29, 1.82) is 0 Å². The molecule has 2 aromatic heterocycles. The first kappa shape index (κ1) is 19.5. The molecule has 0 saturated heterocycles. The first-order valence-corrected chi connectivity index (χ1v) is 9.71. The lowest BCUT2D eigenvalue weighted by Gasteiger charge is -2.18. The Labute approximate surface area is 166 Å². The quantitative estimate of drug-likeness (QED) is 0.595. The number of aryl methyl sites for hydroxylation is 2. The van der Waals surface area contributed by atoms with Gasteiger partial charge in [-0.25, -0.2) is 14.8 Å². The number of rotatable bonds is 6. The molecule has 0 bridgehead atoms. The summed E-state index contributed by atoms with van der Waals surface area (Å²) in [5, 5.41) is 14.6. The summed E-state index contributed by atoms with van der Waals surface area (Å²) in [6.07, 6.45) is 0. The maximum atomic E-state index is 12.2. The first-order valence-electron chi connectivity index (χ1n) is 8.52. The highest BCUT2D eigenvalue weighted by Gasteiger charge is 2.22. The minimum Gasteiger partial charge on any atom is -0.462 e. The van der Waals surface area contributed by atoms with Crippen LogP contribution in [0.3, 0.4) is 0 Å².